The summed E-state index contributed by atoms with van der Waals surface area (Å²) in [6.07, 6.45) is 7.43. The zero-order valence-corrected chi connectivity index (χ0v) is 14.2. The van der Waals surface area contributed by atoms with Gasteiger partial charge in [0.05, 0.1) is 0 Å². The average molecular weight is 280 g/mol. The van der Waals surface area contributed by atoms with Crippen molar-refractivity contribution in [2.24, 2.45) is 23.7 Å². The Balaban J connectivity index is 1.85. The van der Waals surface area contributed by atoms with Crippen LogP contribution >= 0.6 is 0 Å². The number of nitrogens with one attached hydrogen (secondary N) is 1. The Bertz CT molecular complexity index is 275. The van der Waals surface area contributed by atoms with Gasteiger partial charge in [-0.05, 0) is 49.6 Å². The van der Waals surface area contributed by atoms with E-state index >= 15 is 0 Å². The minimum absolute atomic E-state index is 0.733. The number of hydrogen-bond donors (Lipinski definition) is 1. The average Bonchev–Trinajstić information content (AvgIpc) is 2.42. The lowest BCUT2D eigenvalue weighted by Crippen LogP contribution is -2.52. The maximum atomic E-state index is 3.69. The highest BCUT2D eigenvalue weighted by atomic mass is 15.2. The van der Waals surface area contributed by atoms with Crippen LogP contribution in [-0.4, -0.2) is 37.1 Å². The number of piperidine rings is 1. The SMILES string of the molecule is CC(C)CNCC(C(C)C)N1CCC2CCCCC2C1. The zero-order valence-electron chi connectivity index (χ0n) is 14.2. The fraction of sp³-hybridized carbons (Fsp3) is 1.00. The van der Waals surface area contributed by atoms with Crippen molar-refractivity contribution in [1.82, 2.24) is 10.2 Å². The van der Waals surface area contributed by atoms with Gasteiger partial charge in [0.2, 0.25) is 0 Å². The van der Waals surface area contributed by atoms with Crippen molar-refractivity contribution in [3.05, 3.63) is 0 Å². The maximum absolute atomic E-state index is 3.69. The number of fused-ring (bicyclic) bond motifs is 1. The molecule has 118 valence electrons. The first-order valence-electron chi connectivity index (χ1n) is 9.02. The Labute approximate surface area is 126 Å². The summed E-state index contributed by atoms with van der Waals surface area (Å²) in [6.45, 7) is 14.4. The van der Waals surface area contributed by atoms with Gasteiger partial charge in [-0.3, -0.25) is 4.90 Å². The van der Waals surface area contributed by atoms with Crippen molar-refractivity contribution in [1.29, 1.82) is 0 Å². The number of hydrogen-bond acceptors (Lipinski definition) is 2. The molecule has 0 amide bonds. The third-order valence-electron chi connectivity index (χ3n) is 5.47. The van der Waals surface area contributed by atoms with Crippen LogP contribution in [-0.2, 0) is 0 Å². The zero-order chi connectivity index (χ0) is 14.5. The van der Waals surface area contributed by atoms with Crippen molar-refractivity contribution in [3.63, 3.8) is 0 Å². The normalized spacial score (nSPS) is 29.7. The van der Waals surface area contributed by atoms with Gasteiger partial charge >= 0.3 is 0 Å². The Hall–Kier alpha value is -0.0800. The molecule has 1 N–H and O–H groups in total. The summed E-state index contributed by atoms with van der Waals surface area (Å²) in [5, 5.41) is 3.69. The lowest BCUT2D eigenvalue weighted by atomic mass is 9.74. The van der Waals surface area contributed by atoms with Gasteiger partial charge in [0, 0.05) is 19.1 Å². The summed E-state index contributed by atoms with van der Waals surface area (Å²) in [7, 11) is 0. The van der Waals surface area contributed by atoms with Gasteiger partial charge in [0.15, 0.2) is 0 Å². The third kappa shape index (κ3) is 4.46. The molecule has 2 fully saturated rings. The van der Waals surface area contributed by atoms with E-state index < -0.39 is 0 Å². The van der Waals surface area contributed by atoms with Crippen LogP contribution in [0.25, 0.3) is 0 Å². The Morgan fingerprint density at radius 1 is 0.950 bits per heavy atom. The second kappa shape index (κ2) is 7.79. The summed E-state index contributed by atoms with van der Waals surface area (Å²) in [4.78, 5) is 2.81. The molecule has 3 atom stereocenters. The molecule has 0 aromatic rings. The summed E-state index contributed by atoms with van der Waals surface area (Å²) >= 11 is 0. The first-order chi connectivity index (χ1) is 9.58. The molecule has 1 aliphatic carbocycles. The number of likely N-dealkylation sites (tertiary alicyclic amines) is 1. The maximum Gasteiger partial charge on any atom is 0.0243 e. The van der Waals surface area contributed by atoms with E-state index in [0.717, 1.165) is 36.3 Å². The van der Waals surface area contributed by atoms with Crippen LogP contribution in [0.2, 0.25) is 0 Å². The van der Waals surface area contributed by atoms with Crippen molar-refractivity contribution in [2.45, 2.75) is 65.8 Å². The topological polar surface area (TPSA) is 15.3 Å². The molecule has 1 saturated carbocycles. The van der Waals surface area contributed by atoms with Crippen LogP contribution in [0.15, 0.2) is 0 Å². The van der Waals surface area contributed by atoms with E-state index in [-0.39, 0.29) is 0 Å². The fourth-order valence-corrected chi connectivity index (χ4v) is 4.24. The smallest absolute Gasteiger partial charge is 0.0243 e. The van der Waals surface area contributed by atoms with Crippen molar-refractivity contribution in [3.8, 4) is 0 Å². The van der Waals surface area contributed by atoms with E-state index in [1.807, 2.05) is 0 Å². The van der Waals surface area contributed by atoms with E-state index in [1.165, 1.54) is 51.7 Å². The molecule has 2 aliphatic rings. The van der Waals surface area contributed by atoms with Crippen LogP contribution in [0, 0.1) is 23.7 Å². The Morgan fingerprint density at radius 2 is 1.65 bits per heavy atom. The van der Waals surface area contributed by atoms with Gasteiger partial charge in [0.1, 0.15) is 0 Å². The summed E-state index contributed by atoms with van der Waals surface area (Å²) in [5.41, 5.74) is 0. The van der Waals surface area contributed by atoms with Gasteiger partial charge in [-0.25, -0.2) is 0 Å². The van der Waals surface area contributed by atoms with Crippen molar-refractivity contribution in [2.75, 3.05) is 26.2 Å². The van der Waals surface area contributed by atoms with Crippen LogP contribution in [0.4, 0.5) is 0 Å². The largest absolute Gasteiger partial charge is 0.315 e. The molecule has 1 saturated heterocycles. The quantitative estimate of drug-likeness (QED) is 0.797. The third-order valence-corrected chi connectivity index (χ3v) is 5.47. The molecule has 2 heteroatoms. The van der Waals surface area contributed by atoms with E-state index in [9.17, 15) is 0 Å². The van der Waals surface area contributed by atoms with E-state index in [4.69, 9.17) is 0 Å². The predicted molar refractivity (Wildman–Crippen MR) is 88.0 cm³/mol. The molecule has 0 aromatic heterocycles. The van der Waals surface area contributed by atoms with Crippen molar-refractivity contribution >= 4 is 0 Å². The molecule has 0 spiro atoms. The predicted octanol–water partition coefficient (Wildman–Crippen LogP) is 3.77. The summed E-state index contributed by atoms with van der Waals surface area (Å²) < 4.78 is 0. The Kier molecular flexibility index (Phi) is 6.35. The molecule has 0 bridgehead atoms. The van der Waals surface area contributed by atoms with E-state index in [1.54, 1.807) is 0 Å². The highest BCUT2D eigenvalue weighted by Gasteiger charge is 2.34. The summed E-state index contributed by atoms with van der Waals surface area (Å²) in [6, 6.07) is 0.733. The molecule has 2 rings (SSSR count). The first kappa shape index (κ1) is 16.3. The van der Waals surface area contributed by atoms with Crippen LogP contribution in [0.1, 0.15) is 59.8 Å². The number of nitrogens with zero attached hydrogens (tertiary/aromatic N) is 1. The summed E-state index contributed by atoms with van der Waals surface area (Å²) in [5.74, 6) is 3.57. The van der Waals surface area contributed by atoms with Crippen LogP contribution in [0.3, 0.4) is 0 Å². The Morgan fingerprint density at radius 3 is 2.30 bits per heavy atom. The first-order valence-corrected chi connectivity index (χ1v) is 9.02. The molecule has 1 aliphatic heterocycles. The van der Waals surface area contributed by atoms with Crippen LogP contribution < -0.4 is 5.32 Å². The molecule has 0 radical (unpaired) electrons. The minimum atomic E-state index is 0.733. The molecule has 2 nitrogen and oxygen atoms in total. The molecule has 1 heterocycles. The lowest BCUT2D eigenvalue weighted by molar-refractivity contribution is 0.0412. The fourth-order valence-electron chi connectivity index (χ4n) is 4.24. The number of rotatable bonds is 6. The molecule has 20 heavy (non-hydrogen) atoms. The second-order valence-corrected chi connectivity index (χ2v) is 7.95. The molecular weight excluding hydrogens is 244 g/mol. The van der Waals surface area contributed by atoms with Gasteiger partial charge < -0.3 is 5.32 Å². The van der Waals surface area contributed by atoms with Gasteiger partial charge in [-0.2, -0.15) is 0 Å². The van der Waals surface area contributed by atoms with Gasteiger partial charge in [-0.1, -0.05) is 47.0 Å². The molecular formula is C18H36N2. The second-order valence-electron chi connectivity index (χ2n) is 7.95. The van der Waals surface area contributed by atoms with E-state index in [0.29, 0.717) is 0 Å². The monoisotopic (exact) mass is 280 g/mol. The standard InChI is InChI=1S/C18H36N2/c1-14(2)11-19-12-18(15(3)4)20-10-9-16-7-5-6-8-17(16)13-20/h14-19H,5-13H2,1-4H3. The van der Waals surface area contributed by atoms with Gasteiger partial charge in [-0.15, -0.1) is 0 Å². The van der Waals surface area contributed by atoms with Gasteiger partial charge in [0.25, 0.3) is 0 Å². The molecule has 0 aromatic carbocycles. The molecule has 3 unspecified atom stereocenters. The highest BCUT2D eigenvalue weighted by molar-refractivity contribution is 4.88. The van der Waals surface area contributed by atoms with Crippen LogP contribution in [0.5, 0.6) is 0 Å². The van der Waals surface area contributed by atoms with E-state index in [2.05, 4.69) is 37.9 Å². The van der Waals surface area contributed by atoms with Crippen molar-refractivity contribution < 1.29 is 0 Å². The highest BCUT2D eigenvalue weighted by Crippen LogP contribution is 2.37. The minimum Gasteiger partial charge on any atom is -0.315 e. The lowest BCUT2D eigenvalue weighted by Gasteiger charge is -2.45.